The average molecular weight is 369 g/mol. The lowest BCUT2D eigenvalue weighted by Gasteiger charge is -2.10. The highest BCUT2D eigenvalue weighted by Crippen LogP contribution is 2.34. The molecule has 5 rings (SSSR count). The maximum Gasteiger partial charge on any atom is 0.271 e. The van der Waals surface area contributed by atoms with Crippen molar-refractivity contribution in [2.45, 2.75) is 25.7 Å². The van der Waals surface area contributed by atoms with Gasteiger partial charge in [0, 0.05) is 28.5 Å². The summed E-state index contributed by atoms with van der Waals surface area (Å²) in [5.41, 5.74) is 1.27. The summed E-state index contributed by atoms with van der Waals surface area (Å²) in [6.07, 6.45) is 5.37. The summed E-state index contributed by atoms with van der Waals surface area (Å²) in [6.45, 7) is 0.165. The molecule has 3 aromatic rings. The number of aromatic nitrogens is 2. The maximum atomic E-state index is 12.9. The molecular weight excluding hydrogens is 354 g/mol. The molecule has 8 heteroatoms. The highest BCUT2D eigenvalue weighted by Gasteiger charge is 2.22. The molecular formula is C18H15N3O4S. The molecule has 0 spiro atoms. The number of anilines is 1. The number of nitrogens with zero attached hydrogens (tertiary/aromatic N) is 2. The van der Waals surface area contributed by atoms with Crippen LogP contribution in [0.2, 0.25) is 0 Å². The Labute approximate surface area is 152 Å². The van der Waals surface area contributed by atoms with Crippen LogP contribution in [0.4, 0.5) is 5.69 Å². The van der Waals surface area contributed by atoms with E-state index in [2.05, 4.69) is 10.3 Å². The number of aryl methyl sites for hydroxylation is 2. The number of hydrogen-bond acceptors (Lipinski definition) is 6. The lowest BCUT2D eigenvalue weighted by molar-refractivity contribution is 0.102. The van der Waals surface area contributed by atoms with E-state index in [1.54, 1.807) is 33.9 Å². The van der Waals surface area contributed by atoms with Gasteiger partial charge in [-0.1, -0.05) is 0 Å². The Morgan fingerprint density at radius 2 is 2.04 bits per heavy atom. The number of nitrogens with one attached hydrogen (secondary N) is 1. The first-order chi connectivity index (χ1) is 12.7. The van der Waals surface area contributed by atoms with Gasteiger partial charge in [-0.05, 0) is 37.8 Å². The summed E-state index contributed by atoms with van der Waals surface area (Å²) >= 11 is 1.54. The van der Waals surface area contributed by atoms with Gasteiger partial charge in [0.2, 0.25) is 6.79 Å². The Hall–Kier alpha value is -2.87. The lowest BCUT2D eigenvalue weighted by atomic mass is 10.0. The summed E-state index contributed by atoms with van der Waals surface area (Å²) < 4.78 is 12.2. The molecule has 3 heterocycles. The molecule has 0 saturated heterocycles. The second kappa shape index (κ2) is 5.84. The first kappa shape index (κ1) is 15.4. The zero-order valence-electron chi connectivity index (χ0n) is 13.8. The predicted octanol–water partition coefficient (Wildman–Crippen LogP) is 2.62. The minimum atomic E-state index is -0.480. The highest BCUT2D eigenvalue weighted by atomic mass is 32.1. The standard InChI is InChI=1S/C18H15N3O4S/c22-16(20-10-5-6-13-14(7-10)25-9-24-13)11-8-19-18-21(17(11)23)12-3-1-2-4-15(12)26-18/h5-8H,1-4,9H2,(H,20,22). The van der Waals surface area contributed by atoms with Crippen LogP contribution in [0.25, 0.3) is 4.96 Å². The molecule has 1 amide bonds. The van der Waals surface area contributed by atoms with Crippen molar-refractivity contribution >= 4 is 27.9 Å². The van der Waals surface area contributed by atoms with Crippen LogP contribution in [0.5, 0.6) is 11.5 Å². The fourth-order valence-electron chi connectivity index (χ4n) is 3.40. The molecule has 1 aliphatic heterocycles. The second-order valence-electron chi connectivity index (χ2n) is 6.30. The van der Waals surface area contributed by atoms with Gasteiger partial charge in [-0.3, -0.25) is 14.0 Å². The normalized spacial score (nSPS) is 15.1. The van der Waals surface area contributed by atoms with Crippen molar-refractivity contribution in [3.8, 4) is 11.5 Å². The summed E-state index contributed by atoms with van der Waals surface area (Å²) in [5, 5.41) is 2.74. The monoisotopic (exact) mass is 369 g/mol. The van der Waals surface area contributed by atoms with Crippen molar-refractivity contribution in [2.75, 3.05) is 12.1 Å². The summed E-state index contributed by atoms with van der Waals surface area (Å²) in [4.78, 5) is 31.7. The average Bonchev–Trinajstić information content (AvgIpc) is 3.25. The van der Waals surface area contributed by atoms with Crippen molar-refractivity contribution in [2.24, 2.45) is 0 Å². The first-order valence-electron chi connectivity index (χ1n) is 8.44. The van der Waals surface area contributed by atoms with Crippen LogP contribution in [0.3, 0.4) is 0 Å². The number of carbonyl (C=O) groups excluding carboxylic acids is 1. The van der Waals surface area contributed by atoms with Gasteiger partial charge < -0.3 is 14.8 Å². The summed E-state index contributed by atoms with van der Waals surface area (Å²) in [5.74, 6) is 0.725. The fraction of sp³-hybridized carbons (Fsp3) is 0.278. The highest BCUT2D eigenvalue weighted by molar-refractivity contribution is 7.17. The molecule has 0 fully saturated rings. The Morgan fingerprint density at radius 1 is 1.19 bits per heavy atom. The van der Waals surface area contributed by atoms with Gasteiger partial charge in [0.1, 0.15) is 5.56 Å². The Balaban J connectivity index is 1.51. The third kappa shape index (κ3) is 2.37. The van der Waals surface area contributed by atoms with E-state index in [9.17, 15) is 9.59 Å². The van der Waals surface area contributed by atoms with E-state index in [0.717, 1.165) is 31.4 Å². The minimum absolute atomic E-state index is 0.0336. The summed E-state index contributed by atoms with van der Waals surface area (Å²) in [7, 11) is 0. The first-order valence-corrected chi connectivity index (χ1v) is 9.26. The number of hydrogen-bond donors (Lipinski definition) is 1. The van der Waals surface area contributed by atoms with E-state index in [4.69, 9.17) is 9.47 Å². The third-order valence-corrected chi connectivity index (χ3v) is 5.83. The zero-order chi connectivity index (χ0) is 17.7. The molecule has 0 saturated carbocycles. The number of rotatable bonds is 2. The number of thiazole rings is 1. The molecule has 0 unspecified atom stereocenters. The minimum Gasteiger partial charge on any atom is -0.454 e. The molecule has 132 valence electrons. The van der Waals surface area contributed by atoms with Gasteiger partial charge in [-0.15, -0.1) is 11.3 Å². The lowest BCUT2D eigenvalue weighted by Crippen LogP contribution is -2.27. The van der Waals surface area contributed by atoms with Gasteiger partial charge in [0.15, 0.2) is 16.5 Å². The van der Waals surface area contributed by atoms with E-state index in [0.29, 0.717) is 22.1 Å². The van der Waals surface area contributed by atoms with Gasteiger partial charge >= 0.3 is 0 Å². The zero-order valence-corrected chi connectivity index (χ0v) is 14.6. The van der Waals surface area contributed by atoms with E-state index in [1.807, 2.05) is 0 Å². The molecule has 0 atom stereocenters. The number of ether oxygens (including phenoxy) is 2. The molecule has 26 heavy (non-hydrogen) atoms. The molecule has 7 nitrogen and oxygen atoms in total. The molecule has 2 aliphatic rings. The van der Waals surface area contributed by atoms with Crippen LogP contribution in [0, 0.1) is 0 Å². The van der Waals surface area contributed by atoms with Crippen molar-refractivity contribution in [3.63, 3.8) is 0 Å². The molecule has 1 N–H and O–H groups in total. The van der Waals surface area contributed by atoms with Crippen LogP contribution < -0.4 is 20.3 Å². The predicted molar refractivity (Wildman–Crippen MR) is 96.5 cm³/mol. The van der Waals surface area contributed by atoms with Crippen LogP contribution in [-0.4, -0.2) is 22.1 Å². The topological polar surface area (TPSA) is 81.9 Å². The third-order valence-electron chi connectivity index (χ3n) is 4.68. The summed E-state index contributed by atoms with van der Waals surface area (Å²) in [6, 6.07) is 5.11. The molecule has 0 radical (unpaired) electrons. The second-order valence-corrected chi connectivity index (χ2v) is 7.36. The van der Waals surface area contributed by atoms with Gasteiger partial charge in [-0.2, -0.15) is 0 Å². The molecule has 2 aromatic heterocycles. The largest absolute Gasteiger partial charge is 0.454 e. The van der Waals surface area contributed by atoms with Crippen molar-refractivity contribution in [1.82, 2.24) is 9.38 Å². The van der Waals surface area contributed by atoms with E-state index >= 15 is 0 Å². The van der Waals surface area contributed by atoms with Crippen LogP contribution in [-0.2, 0) is 12.8 Å². The number of benzene rings is 1. The Bertz CT molecular complexity index is 1100. The molecule has 1 aromatic carbocycles. The quantitative estimate of drug-likeness (QED) is 0.751. The SMILES string of the molecule is O=C(Nc1ccc2c(c1)OCO2)c1cnc2sc3c(n2c1=O)CCCC3. The number of carbonyl (C=O) groups is 1. The fourth-order valence-corrected chi connectivity index (χ4v) is 4.56. The van der Waals surface area contributed by atoms with Crippen molar-refractivity contribution in [1.29, 1.82) is 0 Å². The van der Waals surface area contributed by atoms with Crippen LogP contribution >= 0.6 is 11.3 Å². The maximum absolute atomic E-state index is 12.9. The number of fused-ring (bicyclic) bond motifs is 4. The van der Waals surface area contributed by atoms with Gasteiger partial charge in [-0.25, -0.2) is 4.98 Å². The molecule has 0 bridgehead atoms. The van der Waals surface area contributed by atoms with Gasteiger partial charge in [0.05, 0.1) is 0 Å². The van der Waals surface area contributed by atoms with Crippen molar-refractivity contribution < 1.29 is 14.3 Å². The molecule has 1 aliphatic carbocycles. The van der Waals surface area contributed by atoms with Crippen LogP contribution in [0.1, 0.15) is 33.8 Å². The van der Waals surface area contributed by atoms with Crippen LogP contribution in [0.15, 0.2) is 29.2 Å². The number of amides is 1. The van der Waals surface area contributed by atoms with E-state index < -0.39 is 5.91 Å². The van der Waals surface area contributed by atoms with Crippen molar-refractivity contribution in [3.05, 3.63) is 50.9 Å². The Morgan fingerprint density at radius 3 is 2.96 bits per heavy atom. The van der Waals surface area contributed by atoms with E-state index in [-0.39, 0.29) is 17.9 Å². The smallest absolute Gasteiger partial charge is 0.271 e. The van der Waals surface area contributed by atoms with Gasteiger partial charge in [0.25, 0.3) is 11.5 Å². The van der Waals surface area contributed by atoms with E-state index in [1.165, 1.54) is 11.1 Å². The Kier molecular flexibility index (Phi) is 3.46.